The average molecular weight is 558 g/mol. The second-order valence-electron chi connectivity index (χ2n) is 8.69. The molecule has 10 heteroatoms. The Morgan fingerprint density at radius 3 is 2.26 bits per heavy atom. The summed E-state index contributed by atoms with van der Waals surface area (Å²) < 4.78 is 34.2. The summed E-state index contributed by atoms with van der Waals surface area (Å²) >= 11 is 6.24. The third-order valence-electron chi connectivity index (χ3n) is 6.13. The summed E-state index contributed by atoms with van der Waals surface area (Å²) in [6.45, 7) is 3.30. The highest BCUT2D eigenvalue weighted by Crippen LogP contribution is 2.35. The molecule has 1 atom stereocenters. The molecule has 3 aromatic carbocycles. The van der Waals surface area contributed by atoms with Crippen molar-refractivity contribution < 1.29 is 22.7 Å². The summed E-state index contributed by atoms with van der Waals surface area (Å²) in [6.07, 6.45) is 0.337. The average Bonchev–Trinajstić information content (AvgIpc) is 2.92. The Hall–Kier alpha value is -3.56. The van der Waals surface area contributed by atoms with Crippen molar-refractivity contribution in [1.82, 2.24) is 10.2 Å². The Labute approximate surface area is 229 Å². The van der Waals surface area contributed by atoms with Crippen molar-refractivity contribution in [3.8, 4) is 5.75 Å². The predicted octanol–water partition coefficient (Wildman–Crippen LogP) is 4.41. The van der Waals surface area contributed by atoms with Gasteiger partial charge in [-0.2, -0.15) is 0 Å². The van der Waals surface area contributed by atoms with E-state index in [0.29, 0.717) is 6.42 Å². The quantitative estimate of drug-likeness (QED) is 0.377. The summed E-state index contributed by atoms with van der Waals surface area (Å²) in [6, 6.07) is 19.1. The Balaban J connectivity index is 2.11. The van der Waals surface area contributed by atoms with Gasteiger partial charge in [0, 0.05) is 18.6 Å². The number of amides is 2. The number of rotatable bonds is 11. The number of nitrogens with one attached hydrogen (secondary N) is 1. The van der Waals surface area contributed by atoms with Crippen LogP contribution in [0.1, 0.15) is 24.5 Å². The third kappa shape index (κ3) is 6.65. The highest BCUT2D eigenvalue weighted by molar-refractivity contribution is 7.92. The van der Waals surface area contributed by atoms with Crippen molar-refractivity contribution in [2.45, 2.75) is 37.8 Å². The van der Waals surface area contributed by atoms with Crippen LogP contribution in [-0.2, 0) is 26.2 Å². The topological polar surface area (TPSA) is 96.0 Å². The fourth-order valence-electron chi connectivity index (χ4n) is 4.07. The monoisotopic (exact) mass is 557 g/mol. The number of anilines is 1. The first-order chi connectivity index (χ1) is 18.1. The number of likely N-dealkylation sites (N-methyl/N-ethyl adjacent to an activating group) is 1. The maximum Gasteiger partial charge on any atom is 0.264 e. The molecule has 202 valence electrons. The van der Waals surface area contributed by atoms with Crippen molar-refractivity contribution in [2.75, 3.05) is 25.0 Å². The Kier molecular flexibility index (Phi) is 9.77. The van der Waals surface area contributed by atoms with Gasteiger partial charge in [-0.25, -0.2) is 8.42 Å². The molecule has 0 aliphatic carbocycles. The first-order valence-electron chi connectivity index (χ1n) is 12.1. The van der Waals surface area contributed by atoms with Crippen LogP contribution in [-0.4, -0.2) is 51.9 Å². The summed E-state index contributed by atoms with van der Waals surface area (Å²) in [5.41, 5.74) is 1.97. The van der Waals surface area contributed by atoms with Gasteiger partial charge < -0.3 is 15.0 Å². The third-order valence-corrected chi connectivity index (χ3v) is 8.13. The van der Waals surface area contributed by atoms with Gasteiger partial charge in [0.05, 0.1) is 17.7 Å². The maximum absolute atomic E-state index is 13.9. The van der Waals surface area contributed by atoms with E-state index in [1.54, 1.807) is 37.3 Å². The van der Waals surface area contributed by atoms with Gasteiger partial charge in [0.1, 0.15) is 18.3 Å². The van der Waals surface area contributed by atoms with Crippen LogP contribution >= 0.6 is 11.6 Å². The molecule has 0 spiro atoms. The number of halogens is 1. The SMILES string of the molecule is CCC(C(=O)NC)N(Cc1ccc(C)cc1)C(=O)CN(c1cc(Cl)ccc1OC)S(=O)(=O)c1ccccc1. The minimum absolute atomic E-state index is 0.00161. The van der Waals surface area contributed by atoms with E-state index in [9.17, 15) is 18.0 Å². The molecule has 0 bridgehead atoms. The summed E-state index contributed by atoms with van der Waals surface area (Å²) in [4.78, 5) is 28.1. The van der Waals surface area contributed by atoms with Crippen molar-refractivity contribution in [3.05, 3.63) is 88.9 Å². The molecule has 0 saturated heterocycles. The fourth-order valence-corrected chi connectivity index (χ4v) is 5.67. The van der Waals surface area contributed by atoms with E-state index < -0.39 is 28.5 Å². The summed E-state index contributed by atoms with van der Waals surface area (Å²) in [5.74, 6) is -0.668. The number of carbonyl (C=O) groups is 2. The number of aryl methyl sites for hydroxylation is 1. The van der Waals surface area contributed by atoms with Crippen LogP contribution in [0.25, 0.3) is 0 Å². The van der Waals surface area contributed by atoms with Gasteiger partial charge in [0.15, 0.2) is 0 Å². The first-order valence-corrected chi connectivity index (χ1v) is 13.9. The predicted molar refractivity (Wildman–Crippen MR) is 149 cm³/mol. The molecule has 0 fully saturated rings. The van der Waals surface area contributed by atoms with Crippen LogP contribution in [0.4, 0.5) is 5.69 Å². The standard InChI is InChI=1S/C28H32ClN3O5S/c1-5-24(28(34)30-3)31(18-21-13-11-20(2)12-14-21)27(33)19-32(25-17-22(29)15-16-26(25)37-4)38(35,36)23-9-7-6-8-10-23/h6-17,24H,5,18-19H2,1-4H3,(H,30,34). The number of hydrogen-bond acceptors (Lipinski definition) is 5. The molecule has 0 heterocycles. The Bertz CT molecular complexity index is 1360. The molecule has 3 rings (SSSR count). The van der Waals surface area contributed by atoms with Crippen LogP contribution < -0.4 is 14.4 Å². The van der Waals surface area contributed by atoms with E-state index in [1.807, 2.05) is 31.2 Å². The lowest BCUT2D eigenvalue weighted by Crippen LogP contribution is -2.51. The van der Waals surface area contributed by atoms with Gasteiger partial charge in [-0.1, -0.05) is 66.6 Å². The van der Waals surface area contributed by atoms with Crippen LogP contribution in [0.3, 0.4) is 0 Å². The zero-order chi connectivity index (χ0) is 27.9. The van der Waals surface area contributed by atoms with Gasteiger partial charge in [0.2, 0.25) is 11.8 Å². The molecule has 3 aromatic rings. The second-order valence-corrected chi connectivity index (χ2v) is 11.0. The van der Waals surface area contributed by atoms with E-state index in [2.05, 4.69) is 5.32 Å². The maximum atomic E-state index is 13.9. The van der Waals surface area contributed by atoms with Crippen molar-refractivity contribution >= 4 is 39.1 Å². The van der Waals surface area contributed by atoms with E-state index in [4.69, 9.17) is 16.3 Å². The van der Waals surface area contributed by atoms with Gasteiger partial charge in [-0.3, -0.25) is 13.9 Å². The van der Waals surface area contributed by atoms with Crippen molar-refractivity contribution in [1.29, 1.82) is 0 Å². The number of sulfonamides is 1. The highest BCUT2D eigenvalue weighted by Gasteiger charge is 2.34. The molecular formula is C28H32ClN3O5S. The molecule has 0 aliphatic heterocycles. The van der Waals surface area contributed by atoms with E-state index in [0.717, 1.165) is 15.4 Å². The Morgan fingerprint density at radius 2 is 1.68 bits per heavy atom. The molecule has 2 amide bonds. The second kappa shape index (κ2) is 12.8. The molecule has 0 aromatic heterocycles. The number of benzene rings is 3. The number of ether oxygens (including phenoxy) is 1. The van der Waals surface area contributed by atoms with Gasteiger partial charge in [0.25, 0.3) is 10.0 Å². The van der Waals surface area contributed by atoms with Gasteiger partial charge in [-0.05, 0) is 49.2 Å². The number of methoxy groups -OCH3 is 1. The smallest absolute Gasteiger partial charge is 0.264 e. The first kappa shape index (κ1) is 29.0. The summed E-state index contributed by atoms with van der Waals surface area (Å²) in [7, 11) is -1.31. The van der Waals surface area contributed by atoms with Crippen LogP contribution in [0, 0.1) is 6.92 Å². The Morgan fingerprint density at radius 1 is 1.03 bits per heavy atom. The van der Waals surface area contributed by atoms with Gasteiger partial charge >= 0.3 is 0 Å². The molecule has 8 nitrogen and oxygen atoms in total. The largest absolute Gasteiger partial charge is 0.495 e. The molecule has 0 aliphatic rings. The molecule has 0 saturated carbocycles. The lowest BCUT2D eigenvalue weighted by atomic mass is 10.1. The molecule has 0 radical (unpaired) electrons. The molecular weight excluding hydrogens is 526 g/mol. The number of hydrogen-bond donors (Lipinski definition) is 1. The van der Waals surface area contributed by atoms with Crippen molar-refractivity contribution in [3.63, 3.8) is 0 Å². The van der Waals surface area contributed by atoms with E-state index >= 15 is 0 Å². The van der Waals surface area contributed by atoms with E-state index in [-0.39, 0.29) is 33.8 Å². The fraction of sp³-hybridized carbons (Fsp3) is 0.286. The molecule has 1 N–H and O–H groups in total. The van der Waals surface area contributed by atoms with Crippen molar-refractivity contribution in [2.24, 2.45) is 0 Å². The van der Waals surface area contributed by atoms with Crippen LogP contribution in [0.5, 0.6) is 5.75 Å². The zero-order valence-electron chi connectivity index (χ0n) is 21.8. The zero-order valence-corrected chi connectivity index (χ0v) is 23.4. The van der Waals surface area contributed by atoms with Gasteiger partial charge in [-0.15, -0.1) is 0 Å². The normalized spacial score (nSPS) is 11.9. The molecule has 1 unspecified atom stereocenters. The lowest BCUT2D eigenvalue weighted by molar-refractivity contribution is -0.140. The summed E-state index contributed by atoms with van der Waals surface area (Å²) in [5, 5.41) is 2.88. The minimum atomic E-state index is -4.22. The highest BCUT2D eigenvalue weighted by atomic mass is 35.5. The number of nitrogens with zero attached hydrogens (tertiary/aromatic N) is 2. The van der Waals surface area contributed by atoms with Crippen LogP contribution in [0.2, 0.25) is 5.02 Å². The van der Waals surface area contributed by atoms with E-state index in [1.165, 1.54) is 37.3 Å². The number of carbonyl (C=O) groups excluding carboxylic acids is 2. The van der Waals surface area contributed by atoms with Crippen LogP contribution in [0.15, 0.2) is 77.7 Å². The lowest BCUT2D eigenvalue weighted by Gasteiger charge is -2.33. The minimum Gasteiger partial charge on any atom is -0.495 e. The molecule has 38 heavy (non-hydrogen) atoms.